The number of amides is 1. The molecule has 1 fully saturated rings. The molecule has 0 bridgehead atoms. The molecule has 0 spiro atoms. The van der Waals surface area contributed by atoms with E-state index in [-0.39, 0.29) is 6.09 Å². The van der Waals surface area contributed by atoms with Crippen LogP contribution < -0.4 is 5.32 Å². The molecule has 1 N–H and O–H groups in total. The SMILES string of the molecule is CN=C(NCC1CCCN(C(=O)OC(C)(C)C)C1)N(C)Cc1ccccc1. The fourth-order valence-corrected chi connectivity index (χ4v) is 3.28. The van der Waals surface area contributed by atoms with Crippen molar-refractivity contribution in [3.05, 3.63) is 35.9 Å². The molecule has 1 aromatic rings. The third-order valence-electron chi connectivity index (χ3n) is 4.56. The second-order valence-electron chi connectivity index (χ2n) is 8.20. The quantitative estimate of drug-likeness (QED) is 0.649. The molecule has 1 heterocycles. The van der Waals surface area contributed by atoms with Crippen molar-refractivity contribution in [3.8, 4) is 0 Å². The van der Waals surface area contributed by atoms with E-state index in [2.05, 4.69) is 27.3 Å². The minimum absolute atomic E-state index is 0.210. The fourth-order valence-electron chi connectivity index (χ4n) is 3.28. The van der Waals surface area contributed by atoms with E-state index in [1.807, 2.05) is 50.9 Å². The Morgan fingerprint density at radius 1 is 1.33 bits per heavy atom. The summed E-state index contributed by atoms with van der Waals surface area (Å²) in [6.07, 6.45) is 1.90. The van der Waals surface area contributed by atoms with Gasteiger partial charge in [0.05, 0.1) is 0 Å². The van der Waals surface area contributed by atoms with E-state index in [0.717, 1.165) is 45.0 Å². The normalized spacial score (nSPS) is 18.2. The first kappa shape index (κ1) is 21.1. The van der Waals surface area contributed by atoms with Crippen LogP contribution in [0.1, 0.15) is 39.2 Å². The maximum atomic E-state index is 12.3. The summed E-state index contributed by atoms with van der Waals surface area (Å²) in [4.78, 5) is 20.7. The van der Waals surface area contributed by atoms with Gasteiger partial charge in [0.15, 0.2) is 5.96 Å². The van der Waals surface area contributed by atoms with Crippen LogP contribution in [0.3, 0.4) is 0 Å². The molecule has 0 saturated carbocycles. The number of ether oxygens (including phenoxy) is 1. The van der Waals surface area contributed by atoms with Crippen LogP contribution in [0.15, 0.2) is 35.3 Å². The van der Waals surface area contributed by atoms with Crippen molar-refractivity contribution in [2.45, 2.75) is 45.8 Å². The maximum absolute atomic E-state index is 12.3. The highest BCUT2D eigenvalue weighted by Gasteiger charge is 2.27. The second-order valence-corrected chi connectivity index (χ2v) is 8.20. The zero-order valence-corrected chi connectivity index (χ0v) is 17.4. The fraction of sp³-hybridized carbons (Fsp3) is 0.619. The number of benzene rings is 1. The summed E-state index contributed by atoms with van der Waals surface area (Å²) in [5, 5.41) is 3.46. The summed E-state index contributed by atoms with van der Waals surface area (Å²) in [5.41, 5.74) is 0.793. The maximum Gasteiger partial charge on any atom is 0.410 e. The standard InChI is InChI=1S/C21H34N4O2/c1-21(2,3)27-20(26)25-13-9-12-18(16-25)14-23-19(22-4)24(5)15-17-10-7-6-8-11-17/h6-8,10-11,18H,9,12-16H2,1-5H3,(H,22,23). The Kier molecular flexibility index (Phi) is 7.51. The number of nitrogens with one attached hydrogen (secondary N) is 1. The molecular weight excluding hydrogens is 340 g/mol. The largest absolute Gasteiger partial charge is 0.444 e. The zero-order valence-electron chi connectivity index (χ0n) is 17.4. The lowest BCUT2D eigenvalue weighted by molar-refractivity contribution is 0.0168. The smallest absolute Gasteiger partial charge is 0.410 e. The third kappa shape index (κ3) is 7.12. The number of nitrogens with zero attached hydrogens (tertiary/aromatic N) is 3. The van der Waals surface area contributed by atoms with Crippen molar-refractivity contribution in [2.75, 3.05) is 33.7 Å². The van der Waals surface area contributed by atoms with Gasteiger partial charge in [-0.25, -0.2) is 4.79 Å². The number of hydrogen-bond donors (Lipinski definition) is 1. The predicted molar refractivity (Wildman–Crippen MR) is 110 cm³/mol. The Bertz CT molecular complexity index is 625. The van der Waals surface area contributed by atoms with Crippen molar-refractivity contribution in [1.82, 2.24) is 15.1 Å². The molecule has 6 nitrogen and oxygen atoms in total. The molecule has 1 aliphatic rings. The first-order chi connectivity index (χ1) is 12.8. The molecule has 6 heteroatoms. The van der Waals surface area contributed by atoms with Gasteiger partial charge in [-0.15, -0.1) is 0 Å². The Labute approximate surface area is 163 Å². The summed E-state index contributed by atoms with van der Waals surface area (Å²) in [6.45, 7) is 8.80. The first-order valence-corrected chi connectivity index (χ1v) is 9.72. The Morgan fingerprint density at radius 3 is 2.67 bits per heavy atom. The van der Waals surface area contributed by atoms with E-state index < -0.39 is 5.60 Å². The average molecular weight is 375 g/mol. The van der Waals surface area contributed by atoms with Gasteiger partial charge < -0.3 is 19.9 Å². The van der Waals surface area contributed by atoms with Crippen LogP contribution in [0.2, 0.25) is 0 Å². The van der Waals surface area contributed by atoms with Gasteiger partial charge in [0, 0.05) is 40.3 Å². The van der Waals surface area contributed by atoms with Crippen molar-refractivity contribution >= 4 is 12.1 Å². The molecule has 1 atom stereocenters. The van der Waals surface area contributed by atoms with E-state index in [0.29, 0.717) is 5.92 Å². The molecule has 0 radical (unpaired) electrons. The lowest BCUT2D eigenvalue weighted by Gasteiger charge is -2.34. The minimum Gasteiger partial charge on any atom is -0.444 e. The number of carbonyl (C=O) groups is 1. The minimum atomic E-state index is -0.454. The summed E-state index contributed by atoms with van der Waals surface area (Å²) >= 11 is 0. The van der Waals surface area contributed by atoms with Crippen LogP contribution in [0.5, 0.6) is 0 Å². The number of hydrogen-bond acceptors (Lipinski definition) is 3. The predicted octanol–water partition coefficient (Wildman–Crippen LogP) is 3.34. The highest BCUT2D eigenvalue weighted by molar-refractivity contribution is 5.79. The van der Waals surface area contributed by atoms with Gasteiger partial charge in [-0.2, -0.15) is 0 Å². The van der Waals surface area contributed by atoms with E-state index in [9.17, 15) is 4.79 Å². The molecule has 150 valence electrons. The van der Waals surface area contributed by atoms with Crippen molar-refractivity contribution in [2.24, 2.45) is 10.9 Å². The van der Waals surface area contributed by atoms with Crippen LogP contribution in [-0.2, 0) is 11.3 Å². The van der Waals surface area contributed by atoms with Gasteiger partial charge in [-0.1, -0.05) is 30.3 Å². The molecule has 27 heavy (non-hydrogen) atoms. The number of guanidine groups is 1. The molecular formula is C21H34N4O2. The van der Waals surface area contributed by atoms with Gasteiger partial charge in [0.2, 0.25) is 0 Å². The highest BCUT2D eigenvalue weighted by Crippen LogP contribution is 2.19. The van der Waals surface area contributed by atoms with Crippen LogP contribution >= 0.6 is 0 Å². The third-order valence-corrected chi connectivity index (χ3v) is 4.56. The number of carbonyl (C=O) groups excluding carboxylic acids is 1. The summed E-state index contributed by atoms with van der Waals surface area (Å²) < 4.78 is 5.51. The van der Waals surface area contributed by atoms with Crippen molar-refractivity contribution < 1.29 is 9.53 Å². The number of likely N-dealkylation sites (tertiary alicyclic amines) is 1. The summed E-state index contributed by atoms with van der Waals surface area (Å²) in [6, 6.07) is 10.3. The van der Waals surface area contributed by atoms with Crippen molar-refractivity contribution in [3.63, 3.8) is 0 Å². The van der Waals surface area contributed by atoms with Crippen molar-refractivity contribution in [1.29, 1.82) is 0 Å². The van der Waals surface area contributed by atoms with E-state index in [1.54, 1.807) is 7.05 Å². The van der Waals surface area contributed by atoms with E-state index in [4.69, 9.17) is 4.74 Å². The highest BCUT2D eigenvalue weighted by atomic mass is 16.6. The monoisotopic (exact) mass is 374 g/mol. The second kappa shape index (κ2) is 9.62. The lowest BCUT2D eigenvalue weighted by Crippen LogP contribution is -2.47. The molecule has 2 rings (SSSR count). The number of piperidine rings is 1. The molecule has 1 unspecified atom stereocenters. The molecule has 0 aromatic heterocycles. The molecule has 1 amide bonds. The topological polar surface area (TPSA) is 57.2 Å². The van der Waals surface area contributed by atoms with Crippen LogP contribution in [0.25, 0.3) is 0 Å². The summed E-state index contributed by atoms with van der Waals surface area (Å²) in [7, 11) is 3.84. The number of aliphatic imine (C=N–C) groups is 1. The van der Waals surface area contributed by atoms with Crippen LogP contribution in [-0.4, -0.2) is 61.2 Å². The Balaban J connectivity index is 1.84. The first-order valence-electron chi connectivity index (χ1n) is 9.72. The van der Waals surface area contributed by atoms with E-state index in [1.165, 1.54) is 5.56 Å². The molecule has 1 aliphatic heterocycles. The van der Waals surface area contributed by atoms with Gasteiger partial charge in [-0.3, -0.25) is 4.99 Å². The molecule has 1 aromatic carbocycles. The van der Waals surface area contributed by atoms with E-state index >= 15 is 0 Å². The van der Waals surface area contributed by atoms with Gasteiger partial charge >= 0.3 is 6.09 Å². The lowest BCUT2D eigenvalue weighted by atomic mass is 9.98. The summed E-state index contributed by atoms with van der Waals surface area (Å²) in [5.74, 6) is 1.27. The zero-order chi connectivity index (χ0) is 19.9. The van der Waals surface area contributed by atoms with Crippen LogP contribution in [0, 0.1) is 5.92 Å². The van der Waals surface area contributed by atoms with Crippen LogP contribution in [0.4, 0.5) is 4.79 Å². The van der Waals surface area contributed by atoms with Gasteiger partial charge in [0.1, 0.15) is 5.60 Å². The Hall–Kier alpha value is -2.24. The molecule has 1 saturated heterocycles. The Morgan fingerprint density at radius 2 is 2.04 bits per heavy atom. The van der Waals surface area contributed by atoms with Gasteiger partial charge in [0.25, 0.3) is 0 Å². The average Bonchev–Trinajstić information content (AvgIpc) is 2.62. The number of rotatable bonds is 4. The van der Waals surface area contributed by atoms with Gasteiger partial charge in [-0.05, 0) is 45.1 Å². The molecule has 0 aliphatic carbocycles.